The first-order valence-electron chi connectivity index (χ1n) is 8.35. The minimum absolute atomic E-state index is 0.177. The van der Waals surface area contributed by atoms with Gasteiger partial charge in [0.25, 0.3) is 0 Å². The van der Waals surface area contributed by atoms with E-state index in [1.165, 1.54) is 0 Å². The average molecular weight is 336 g/mol. The van der Waals surface area contributed by atoms with Crippen molar-refractivity contribution in [2.45, 2.75) is 25.6 Å². The smallest absolute Gasteiger partial charge is 0.338 e. The molecule has 5 nitrogen and oxygen atoms in total. The molecule has 1 saturated heterocycles. The van der Waals surface area contributed by atoms with Gasteiger partial charge < -0.3 is 14.7 Å². The van der Waals surface area contributed by atoms with Crippen molar-refractivity contribution >= 4 is 11.7 Å². The highest BCUT2D eigenvalue weighted by Gasteiger charge is 2.17. The molecule has 1 aliphatic rings. The van der Waals surface area contributed by atoms with Gasteiger partial charge >= 0.3 is 5.97 Å². The lowest BCUT2D eigenvalue weighted by Gasteiger charge is -2.31. The highest BCUT2D eigenvalue weighted by Crippen LogP contribution is 2.21. The third-order valence-corrected chi connectivity index (χ3v) is 4.39. The van der Waals surface area contributed by atoms with Crippen LogP contribution in [-0.4, -0.2) is 30.3 Å². The summed E-state index contributed by atoms with van der Waals surface area (Å²) in [7, 11) is 0. The first-order chi connectivity index (χ1) is 12.2. The van der Waals surface area contributed by atoms with Crippen LogP contribution in [0.5, 0.6) is 0 Å². The number of anilines is 1. The van der Waals surface area contributed by atoms with E-state index in [1.54, 1.807) is 36.4 Å². The van der Waals surface area contributed by atoms with Gasteiger partial charge in [-0.1, -0.05) is 12.1 Å². The Hall–Kier alpha value is -2.84. The second kappa shape index (κ2) is 7.82. The normalized spacial score (nSPS) is 14.8. The summed E-state index contributed by atoms with van der Waals surface area (Å²) in [6.45, 7) is 1.82. The highest BCUT2D eigenvalue weighted by atomic mass is 16.5. The number of nitrogens with zero attached hydrogens (tertiary/aromatic N) is 2. The summed E-state index contributed by atoms with van der Waals surface area (Å²) in [5.74, 6) is -0.370. The fourth-order valence-electron chi connectivity index (χ4n) is 2.84. The second-order valence-corrected chi connectivity index (χ2v) is 6.15. The van der Waals surface area contributed by atoms with Crippen molar-refractivity contribution in [3.8, 4) is 6.07 Å². The van der Waals surface area contributed by atoms with Crippen LogP contribution in [0.3, 0.4) is 0 Å². The van der Waals surface area contributed by atoms with Gasteiger partial charge in [0.1, 0.15) is 6.61 Å². The SMILES string of the molecule is N#Cc1ccc(COC(=O)c2ccc(N3CCC(O)CC3)cc2)cc1. The molecule has 0 unspecified atom stereocenters. The van der Waals surface area contributed by atoms with Gasteiger partial charge in [-0.25, -0.2) is 4.79 Å². The summed E-state index contributed by atoms with van der Waals surface area (Å²) in [6.07, 6.45) is 1.34. The van der Waals surface area contributed by atoms with Gasteiger partial charge in [0.15, 0.2) is 0 Å². The number of benzene rings is 2. The summed E-state index contributed by atoms with van der Waals surface area (Å²) < 4.78 is 5.32. The predicted molar refractivity (Wildman–Crippen MR) is 94.2 cm³/mol. The molecule has 2 aromatic carbocycles. The Bertz CT molecular complexity index is 755. The molecule has 1 N–H and O–H groups in total. The Morgan fingerprint density at radius 2 is 1.76 bits per heavy atom. The van der Waals surface area contributed by atoms with E-state index in [0.717, 1.165) is 37.2 Å². The average Bonchev–Trinajstić information content (AvgIpc) is 2.67. The van der Waals surface area contributed by atoms with E-state index >= 15 is 0 Å². The first kappa shape index (κ1) is 17.0. The Balaban J connectivity index is 1.56. The molecule has 0 bridgehead atoms. The third-order valence-electron chi connectivity index (χ3n) is 4.39. The molecule has 0 spiro atoms. The number of nitriles is 1. The number of piperidine rings is 1. The number of carbonyl (C=O) groups excluding carboxylic acids is 1. The van der Waals surface area contributed by atoms with E-state index in [4.69, 9.17) is 10.00 Å². The minimum Gasteiger partial charge on any atom is -0.457 e. The van der Waals surface area contributed by atoms with Crippen LogP contribution in [0.4, 0.5) is 5.69 Å². The van der Waals surface area contributed by atoms with Crippen LogP contribution >= 0.6 is 0 Å². The number of ether oxygens (including phenoxy) is 1. The van der Waals surface area contributed by atoms with Crippen molar-refractivity contribution in [1.29, 1.82) is 5.26 Å². The van der Waals surface area contributed by atoms with Crippen LogP contribution in [0.2, 0.25) is 0 Å². The van der Waals surface area contributed by atoms with Gasteiger partial charge in [-0.15, -0.1) is 0 Å². The summed E-state index contributed by atoms with van der Waals surface area (Å²) in [4.78, 5) is 14.4. The zero-order valence-electron chi connectivity index (χ0n) is 13.9. The lowest BCUT2D eigenvalue weighted by molar-refractivity contribution is 0.0472. The van der Waals surface area contributed by atoms with Crippen molar-refractivity contribution < 1.29 is 14.6 Å². The maximum Gasteiger partial charge on any atom is 0.338 e. The molecule has 5 heteroatoms. The van der Waals surface area contributed by atoms with Crippen molar-refractivity contribution in [2.24, 2.45) is 0 Å². The van der Waals surface area contributed by atoms with Crippen molar-refractivity contribution in [3.63, 3.8) is 0 Å². The van der Waals surface area contributed by atoms with Gasteiger partial charge in [-0.3, -0.25) is 0 Å². The molecular weight excluding hydrogens is 316 g/mol. The van der Waals surface area contributed by atoms with Gasteiger partial charge in [0, 0.05) is 18.8 Å². The number of rotatable bonds is 4. The van der Waals surface area contributed by atoms with Gasteiger partial charge in [-0.05, 0) is 54.8 Å². The Labute approximate surface area is 147 Å². The number of aliphatic hydroxyl groups is 1. The molecule has 0 amide bonds. The maximum absolute atomic E-state index is 12.2. The van der Waals surface area contributed by atoms with E-state index in [-0.39, 0.29) is 18.7 Å². The largest absolute Gasteiger partial charge is 0.457 e. The molecule has 3 rings (SSSR count). The predicted octanol–water partition coefficient (Wildman–Crippen LogP) is 2.88. The van der Waals surface area contributed by atoms with E-state index in [0.29, 0.717) is 11.1 Å². The Kier molecular flexibility index (Phi) is 5.32. The van der Waals surface area contributed by atoms with Crippen LogP contribution < -0.4 is 4.90 Å². The quantitative estimate of drug-likeness (QED) is 0.869. The molecule has 128 valence electrons. The van der Waals surface area contributed by atoms with Gasteiger partial charge in [-0.2, -0.15) is 5.26 Å². The fraction of sp³-hybridized carbons (Fsp3) is 0.300. The topological polar surface area (TPSA) is 73.6 Å². The van der Waals surface area contributed by atoms with E-state index in [9.17, 15) is 9.90 Å². The summed E-state index contributed by atoms with van der Waals surface area (Å²) >= 11 is 0. The Morgan fingerprint density at radius 3 is 2.36 bits per heavy atom. The monoisotopic (exact) mass is 336 g/mol. The third kappa shape index (κ3) is 4.37. The van der Waals surface area contributed by atoms with Crippen LogP contribution in [0, 0.1) is 11.3 Å². The molecule has 1 fully saturated rings. The second-order valence-electron chi connectivity index (χ2n) is 6.15. The maximum atomic E-state index is 12.2. The number of aliphatic hydroxyl groups excluding tert-OH is 1. The summed E-state index contributed by atoms with van der Waals surface area (Å²) in [5, 5.41) is 18.3. The molecular formula is C20H20N2O3. The molecule has 0 atom stereocenters. The Morgan fingerprint density at radius 1 is 1.12 bits per heavy atom. The van der Waals surface area contributed by atoms with E-state index in [2.05, 4.69) is 11.0 Å². The molecule has 2 aromatic rings. The molecule has 1 heterocycles. The minimum atomic E-state index is -0.370. The molecule has 1 aliphatic heterocycles. The first-order valence-corrected chi connectivity index (χ1v) is 8.35. The number of hydrogen-bond acceptors (Lipinski definition) is 5. The van der Waals surface area contributed by atoms with Gasteiger partial charge in [0.05, 0.1) is 23.3 Å². The number of carbonyl (C=O) groups is 1. The number of esters is 1. The van der Waals surface area contributed by atoms with E-state index in [1.807, 2.05) is 12.1 Å². The standard InChI is InChI=1S/C20H20N2O3/c21-13-15-1-3-16(4-2-15)14-25-20(24)17-5-7-18(8-6-17)22-11-9-19(23)10-12-22/h1-8,19,23H,9-12,14H2. The lowest BCUT2D eigenvalue weighted by Crippen LogP contribution is -2.35. The van der Waals surface area contributed by atoms with Crippen molar-refractivity contribution in [2.75, 3.05) is 18.0 Å². The number of hydrogen-bond donors (Lipinski definition) is 1. The summed E-state index contributed by atoms with van der Waals surface area (Å²) in [5.41, 5.74) is 2.98. The van der Waals surface area contributed by atoms with Crippen molar-refractivity contribution in [1.82, 2.24) is 0 Å². The zero-order valence-corrected chi connectivity index (χ0v) is 13.9. The molecule has 0 saturated carbocycles. The highest BCUT2D eigenvalue weighted by molar-refractivity contribution is 5.89. The van der Waals surface area contributed by atoms with Crippen LogP contribution in [0.1, 0.15) is 34.3 Å². The van der Waals surface area contributed by atoms with Crippen LogP contribution in [0.25, 0.3) is 0 Å². The zero-order chi connectivity index (χ0) is 17.6. The lowest BCUT2D eigenvalue weighted by atomic mass is 10.1. The molecule has 25 heavy (non-hydrogen) atoms. The summed E-state index contributed by atoms with van der Waals surface area (Å²) in [6, 6.07) is 16.4. The van der Waals surface area contributed by atoms with Crippen molar-refractivity contribution in [3.05, 3.63) is 65.2 Å². The molecule has 0 aliphatic carbocycles. The fourth-order valence-corrected chi connectivity index (χ4v) is 2.84. The van der Waals surface area contributed by atoms with Crippen LogP contribution in [0.15, 0.2) is 48.5 Å². The van der Waals surface area contributed by atoms with Gasteiger partial charge in [0.2, 0.25) is 0 Å². The van der Waals surface area contributed by atoms with E-state index < -0.39 is 0 Å². The molecule has 0 aromatic heterocycles. The molecule has 0 radical (unpaired) electrons. The van der Waals surface area contributed by atoms with Crippen LogP contribution in [-0.2, 0) is 11.3 Å².